The van der Waals surface area contributed by atoms with Crippen LogP contribution in [0.1, 0.15) is 42.0 Å². The molecular formula is C19H24FNO. The third kappa shape index (κ3) is 4.39. The maximum absolute atomic E-state index is 13.7. The average molecular weight is 301 g/mol. The van der Waals surface area contributed by atoms with Gasteiger partial charge in [-0.2, -0.15) is 0 Å². The van der Waals surface area contributed by atoms with Gasteiger partial charge in [0.15, 0.2) is 0 Å². The Morgan fingerprint density at radius 2 is 1.82 bits per heavy atom. The van der Waals surface area contributed by atoms with Gasteiger partial charge in [-0.05, 0) is 48.9 Å². The highest BCUT2D eigenvalue weighted by Crippen LogP contribution is 2.21. The molecule has 2 nitrogen and oxygen atoms in total. The van der Waals surface area contributed by atoms with Crippen LogP contribution in [0.15, 0.2) is 48.5 Å². The number of rotatable bonds is 7. The van der Waals surface area contributed by atoms with E-state index < -0.39 is 0 Å². The van der Waals surface area contributed by atoms with Gasteiger partial charge in [0.05, 0.1) is 0 Å². The highest BCUT2D eigenvalue weighted by Gasteiger charge is 2.13. The Hall–Kier alpha value is -1.71. The number of nitrogens with one attached hydrogen (secondary N) is 1. The molecule has 0 bridgehead atoms. The minimum atomic E-state index is -0.166. The van der Waals surface area contributed by atoms with Crippen molar-refractivity contribution in [1.82, 2.24) is 5.32 Å². The highest BCUT2D eigenvalue weighted by molar-refractivity contribution is 5.26. The molecule has 0 radical (unpaired) electrons. The molecule has 0 amide bonds. The van der Waals surface area contributed by atoms with Crippen molar-refractivity contribution in [1.29, 1.82) is 0 Å². The number of benzene rings is 2. The molecule has 0 aliphatic heterocycles. The van der Waals surface area contributed by atoms with Crippen molar-refractivity contribution in [3.05, 3.63) is 71.0 Å². The third-order valence-corrected chi connectivity index (χ3v) is 4.11. The Morgan fingerprint density at radius 3 is 2.45 bits per heavy atom. The van der Waals surface area contributed by atoms with Crippen LogP contribution in [0.25, 0.3) is 0 Å². The summed E-state index contributed by atoms with van der Waals surface area (Å²) in [6.45, 7) is 4.71. The smallest absolute Gasteiger partial charge is 0.126 e. The number of hydrogen-bond acceptors (Lipinski definition) is 2. The van der Waals surface area contributed by atoms with Crippen molar-refractivity contribution in [2.75, 3.05) is 13.2 Å². The highest BCUT2D eigenvalue weighted by atomic mass is 19.1. The van der Waals surface area contributed by atoms with Crippen LogP contribution in [0.3, 0.4) is 0 Å². The standard InChI is InChI=1S/C19H24FNO/c1-14-8-9-17(12-19(14)20)15(2)21-13-18(10-11-22)16-6-4-3-5-7-16/h3-9,12,15,18,21-22H,10-11,13H2,1-2H3. The molecule has 118 valence electrons. The van der Waals surface area contributed by atoms with Crippen LogP contribution in [0.5, 0.6) is 0 Å². The van der Waals surface area contributed by atoms with E-state index in [1.807, 2.05) is 37.3 Å². The first kappa shape index (κ1) is 16.7. The lowest BCUT2D eigenvalue weighted by Gasteiger charge is -2.21. The number of aliphatic hydroxyl groups excluding tert-OH is 1. The molecule has 0 aromatic heterocycles. The number of hydrogen-bond donors (Lipinski definition) is 2. The molecule has 2 aromatic rings. The Labute approximate surface area is 132 Å². The summed E-state index contributed by atoms with van der Waals surface area (Å²) in [5, 5.41) is 12.7. The first-order chi connectivity index (χ1) is 10.6. The fraction of sp³-hybridized carbons (Fsp3) is 0.368. The lowest BCUT2D eigenvalue weighted by molar-refractivity contribution is 0.272. The van der Waals surface area contributed by atoms with Gasteiger partial charge in [0.25, 0.3) is 0 Å². The first-order valence-electron chi connectivity index (χ1n) is 7.77. The molecular weight excluding hydrogens is 277 g/mol. The van der Waals surface area contributed by atoms with Crippen LogP contribution in [-0.2, 0) is 0 Å². The van der Waals surface area contributed by atoms with Crippen molar-refractivity contribution in [3.63, 3.8) is 0 Å². The van der Waals surface area contributed by atoms with Crippen molar-refractivity contribution >= 4 is 0 Å². The maximum Gasteiger partial charge on any atom is 0.126 e. The second kappa shape index (κ2) is 8.06. The van der Waals surface area contributed by atoms with E-state index >= 15 is 0 Å². The van der Waals surface area contributed by atoms with Crippen molar-refractivity contribution in [2.24, 2.45) is 0 Å². The summed E-state index contributed by atoms with van der Waals surface area (Å²) in [6.07, 6.45) is 0.714. The normalized spacial score (nSPS) is 13.8. The number of aryl methyl sites for hydroxylation is 1. The predicted octanol–water partition coefficient (Wildman–Crippen LogP) is 3.95. The molecule has 0 aliphatic rings. The van der Waals surface area contributed by atoms with Gasteiger partial charge >= 0.3 is 0 Å². The van der Waals surface area contributed by atoms with E-state index in [-0.39, 0.29) is 24.4 Å². The minimum Gasteiger partial charge on any atom is -0.396 e. The van der Waals surface area contributed by atoms with Crippen LogP contribution in [0.2, 0.25) is 0 Å². The monoisotopic (exact) mass is 301 g/mol. The summed E-state index contributed by atoms with van der Waals surface area (Å²) in [7, 11) is 0. The Morgan fingerprint density at radius 1 is 1.09 bits per heavy atom. The quantitative estimate of drug-likeness (QED) is 0.811. The SMILES string of the molecule is Cc1ccc(C(C)NCC(CCO)c2ccccc2)cc1F. The maximum atomic E-state index is 13.7. The summed E-state index contributed by atoms with van der Waals surface area (Å²) in [6, 6.07) is 15.6. The van der Waals surface area contributed by atoms with E-state index in [9.17, 15) is 9.50 Å². The van der Waals surface area contributed by atoms with Crippen LogP contribution in [0, 0.1) is 12.7 Å². The largest absolute Gasteiger partial charge is 0.396 e. The second-order valence-electron chi connectivity index (χ2n) is 5.76. The molecule has 0 heterocycles. The summed E-state index contributed by atoms with van der Waals surface area (Å²) in [5.41, 5.74) is 2.82. The molecule has 3 heteroatoms. The molecule has 2 unspecified atom stereocenters. The molecule has 22 heavy (non-hydrogen) atoms. The van der Waals surface area contributed by atoms with Crippen molar-refractivity contribution in [2.45, 2.75) is 32.2 Å². The Kier molecular flexibility index (Phi) is 6.10. The lowest BCUT2D eigenvalue weighted by Crippen LogP contribution is -2.25. The fourth-order valence-corrected chi connectivity index (χ4v) is 2.58. The van der Waals surface area contributed by atoms with Gasteiger partial charge in [-0.15, -0.1) is 0 Å². The molecule has 0 aliphatic carbocycles. The summed E-state index contributed by atoms with van der Waals surface area (Å²) >= 11 is 0. The van der Waals surface area contributed by atoms with Crippen molar-refractivity contribution < 1.29 is 9.50 Å². The molecule has 0 fully saturated rings. The van der Waals surface area contributed by atoms with Gasteiger partial charge < -0.3 is 10.4 Å². The second-order valence-corrected chi connectivity index (χ2v) is 5.76. The Balaban J connectivity index is 2.01. The zero-order valence-corrected chi connectivity index (χ0v) is 13.2. The topological polar surface area (TPSA) is 32.3 Å². The summed E-state index contributed by atoms with van der Waals surface area (Å²) in [5.74, 6) is 0.0880. The van der Waals surface area contributed by atoms with E-state index in [0.29, 0.717) is 12.0 Å². The van der Waals surface area contributed by atoms with Gasteiger partial charge in [-0.25, -0.2) is 4.39 Å². The molecule has 2 N–H and O–H groups in total. The van der Waals surface area contributed by atoms with Gasteiger partial charge in [0.2, 0.25) is 0 Å². The average Bonchev–Trinajstić information content (AvgIpc) is 2.54. The van der Waals surface area contributed by atoms with E-state index in [1.54, 1.807) is 13.0 Å². The molecule has 2 rings (SSSR count). The summed E-state index contributed by atoms with van der Waals surface area (Å²) < 4.78 is 13.7. The minimum absolute atomic E-state index is 0.0694. The Bertz CT molecular complexity index is 585. The fourth-order valence-electron chi connectivity index (χ4n) is 2.58. The third-order valence-electron chi connectivity index (χ3n) is 4.11. The van der Waals surface area contributed by atoms with E-state index in [4.69, 9.17) is 0 Å². The zero-order valence-electron chi connectivity index (χ0n) is 13.2. The predicted molar refractivity (Wildman–Crippen MR) is 88.4 cm³/mol. The molecule has 2 atom stereocenters. The molecule has 0 spiro atoms. The summed E-state index contributed by atoms with van der Waals surface area (Å²) in [4.78, 5) is 0. The van der Waals surface area contributed by atoms with Gasteiger partial charge in [-0.1, -0.05) is 42.5 Å². The van der Waals surface area contributed by atoms with E-state index in [0.717, 1.165) is 12.1 Å². The van der Waals surface area contributed by atoms with Gasteiger partial charge in [0.1, 0.15) is 5.82 Å². The van der Waals surface area contributed by atoms with Crippen LogP contribution >= 0.6 is 0 Å². The lowest BCUT2D eigenvalue weighted by atomic mass is 9.95. The van der Waals surface area contributed by atoms with Gasteiger partial charge in [0, 0.05) is 19.2 Å². The van der Waals surface area contributed by atoms with Gasteiger partial charge in [-0.3, -0.25) is 0 Å². The molecule has 2 aromatic carbocycles. The molecule has 0 saturated carbocycles. The first-order valence-corrected chi connectivity index (χ1v) is 7.77. The van der Waals surface area contributed by atoms with Crippen LogP contribution in [0.4, 0.5) is 4.39 Å². The van der Waals surface area contributed by atoms with E-state index in [1.165, 1.54) is 5.56 Å². The number of halogens is 1. The molecule has 0 saturated heterocycles. The van der Waals surface area contributed by atoms with Crippen molar-refractivity contribution in [3.8, 4) is 0 Å². The van der Waals surface area contributed by atoms with Crippen LogP contribution < -0.4 is 5.32 Å². The number of aliphatic hydroxyl groups is 1. The zero-order chi connectivity index (χ0) is 15.9. The van der Waals surface area contributed by atoms with E-state index in [2.05, 4.69) is 17.4 Å². The van der Waals surface area contributed by atoms with Crippen LogP contribution in [-0.4, -0.2) is 18.3 Å².